The molecule has 4 rings (SSSR count). The second-order valence-electron chi connectivity index (χ2n) is 6.49. The van der Waals surface area contributed by atoms with Crippen molar-refractivity contribution in [1.29, 1.82) is 0 Å². The van der Waals surface area contributed by atoms with Crippen molar-refractivity contribution in [3.05, 3.63) is 28.9 Å². The molecule has 0 radical (unpaired) electrons. The summed E-state index contributed by atoms with van der Waals surface area (Å²) in [6, 6.07) is 4.77. The molecule has 3 N–H and O–H groups in total. The molecule has 0 amide bonds. The van der Waals surface area contributed by atoms with Crippen molar-refractivity contribution in [1.82, 2.24) is 15.2 Å². The zero-order valence-electron chi connectivity index (χ0n) is 13.5. The van der Waals surface area contributed by atoms with E-state index in [1.807, 2.05) is 0 Å². The lowest BCUT2D eigenvalue weighted by molar-refractivity contribution is -0.0136. The number of aromatic hydroxyl groups is 1. The second-order valence-corrected chi connectivity index (χ2v) is 6.92. The topological polar surface area (TPSA) is 100 Å². The molecule has 7 nitrogen and oxygen atoms in total. The second kappa shape index (κ2) is 6.74. The summed E-state index contributed by atoms with van der Waals surface area (Å²) in [4.78, 5) is 4.62. The van der Waals surface area contributed by atoms with Crippen LogP contribution in [0.25, 0.3) is 11.3 Å². The lowest BCUT2D eigenvalue weighted by Gasteiger charge is -2.28. The Morgan fingerprint density at radius 2 is 2.04 bits per heavy atom. The first-order valence-electron chi connectivity index (χ1n) is 8.37. The van der Waals surface area contributed by atoms with Gasteiger partial charge in [-0.3, -0.25) is 0 Å². The van der Waals surface area contributed by atoms with Gasteiger partial charge in [0, 0.05) is 23.1 Å². The van der Waals surface area contributed by atoms with Crippen molar-refractivity contribution >= 4 is 17.5 Å². The summed E-state index contributed by atoms with van der Waals surface area (Å²) in [6.07, 6.45) is 2.17. The first-order chi connectivity index (χ1) is 12.1. The number of halogens is 1. The molecule has 2 fully saturated rings. The monoisotopic (exact) mass is 362 g/mol. The van der Waals surface area contributed by atoms with Crippen LogP contribution >= 0.6 is 11.6 Å². The lowest BCUT2D eigenvalue weighted by atomic mass is 10.1. The number of nitrogens with zero attached hydrogens (tertiary/aromatic N) is 3. The molecule has 1 aliphatic carbocycles. The van der Waals surface area contributed by atoms with Crippen molar-refractivity contribution in [3.8, 4) is 17.0 Å². The van der Waals surface area contributed by atoms with E-state index in [2.05, 4.69) is 20.5 Å². The summed E-state index contributed by atoms with van der Waals surface area (Å²) >= 11 is 5.91. The first-order valence-corrected chi connectivity index (χ1v) is 8.75. The molecule has 132 valence electrons. The van der Waals surface area contributed by atoms with Crippen molar-refractivity contribution < 1.29 is 14.9 Å². The van der Waals surface area contributed by atoms with Gasteiger partial charge in [0.25, 0.3) is 0 Å². The number of ether oxygens (including phenoxy) is 1. The number of rotatable bonds is 4. The maximum atomic E-state index is 10.2. The fourth-order valence-corrected chi connectivity index (χ4v) is 3.16. The van der Waals surface area contributed by atoms with E-state index in [9.17, 15) is 10.2 Å². The highest BCUT2D eigenvalue weighted by Crippen LogP contribution is 2.44. The number of hydrogen-bond acceptors (Lipinski definition) is 7. The number of nitrogens with one attached hydrogen (secondary N) is 1. The third-order valence-electron chi connectivity index (χ3n) is 4.53. The SMILES string of the molecule is Oc1cc(Cl)ccc1-c1nnc(N[C@@H]2CCOC[C@H]2O)nc1C1CC1. The maximum Gasteiger partial charge on any atom is 0.243 e. The number of phenols is 1. The number of phenolic OH excluding ortho intramolecular Hbond substituents is 1. The molecule has 1 saturated carbocycles. The first kappa shape index (κ1) is 16.5. The minimum atomic E-state index is -0.596. The van der Waals surface area contributed by atoms with E-state index >= 15 is 0 Å². The van der Waals surface area contributed by atoms with E-state index < -0.39 is 6.10 Å². The number of aliphatic hydroxyl groups is 1. The summed E-state index contributed by atoms with van der Waals surface area (Å²) < 4.78 is 5.24. The molecule has 1 aliphatic heterocycles. The Bertz CT molecular complexity index is 784. The summed E-state index contributed by atoms with van der Waals surface area (Å²) in [5.41, 5.74) is 1.97. The van der Waals surface area contributed by atoms with E-state index in [0.29, 0.717) is 47.8 Å². The van der Waals surface area contributed by atoms with Gasteiger partial charge in [-0.25, -0.2) is 4.98 Å². The molecule has 0 spiro atoms. The smallest absolute Gasteiger partial charge is 0.243 e. The van der Waals surface area contributed by atoms with Crippen molar-refractivity contribution in [2.45, 2.75) is 37.3 Å². The van der Waals surface area contributed by atoms with Gasteiger partial charge in [-0.2, -0.15) is 0 Å². The van der Waals surface area contributed by atoms with E-state index in [0.717, 1.165) is 18.5 Å². The maximum absolute atomic E-state index is 10.2. The van der Waals surface area contributed by atoms with Crippen LogP contribution in [0.1, 0.15) is 30.9 Å². The van der Waals surface area contributed by atoms with Gasteiger partial charge in [0.1, 0.15) is 11.4 Å². The fourth-order valence-electron chi connectivity index (χ4n) is 2.99. The molecule has 1 aromatic heterocycles. The summed E-state index contributed by atoms with van der Waals surface area (Å²) in [6.45, 7) is 0.895. The highest BCUT2D eigenvalue weighted by atomic mass is 35.5. The largest absolute Gasteiger partial charge is 0.507 e. The van der Waals surface area contributed by atoms with Gasteiger partial charge in [-0.05, 0) is 37.5 Å². The van der Waals surface area contributed by atoms with Crippen LogP contribution in [-0.4, -0.2) is 50.8 Å². The number of benzene rings is 1. The van der Waals surface area contributed by atoms with E-state index in [1.165, 1.54) is 6.07 Å². The van der Waals surface area contributed by atoms with E-state index in [4.69, 9.17) is 16.3 Å². The number of hydrogen-bond donors (Lipinski definition) is 3. The quantitative estimate of drug-likeness (QED) is 0.767. The molecule has 0 unspecified atom stereocenters. The van der Waals surface area contributed by atoms with Crippen molar-refractivity contribution in [2.24, 2.45) is 0 Å². The average molecular weight is 363 g/mol. The molecule has 1 saturated heterocycles. The van der Waals surface area contributed by atoms with Crippen LogP contribution in [0.2, 0.25) is 5.02 Å². The molecule has 0 bridgehead atoms. The lowest BCUT2D eigenvalue weighted by Crippen LogP contribution is -2.42. The van der Waals surface area contributed by atoms with Gasteiger partial charge >= 0.3 is 0 Å². The van der Waals surface area contributed by atoms with Crippen molar-refractivity contribution in [3.63, 3.8) is 0 Å². The minimum Gasteiger partial charge on any atom is -0.507 e. The molecule has 2 aromatic rings. The third kappa shape index (κ3) is 3.53. The Morgan fingerprint density at radius 3 is 2.76 bits per heavy atom. The van der Waals surface area contributed by atoms with Crippen LogP contribution in [0.4, 0.5) is 5.95 Å². The van der Waals surface area contributed by atoms with Crippen LogP contribution in [0.15, 0.2) is 18.2 Å². The summed E-state index contributed by atoms with van der Waals surface area (Å²) in [5, 5.41) is 32.3. The molecule has 8 heteroatoms. The Morgan fingerprint density at radius 1 is 1.20 bits per heavy atom. The Labute approximate surface area is 150 Å². The van der Waals surface area contributed by atoms with Crippen LogP contribution in [0.3, 0.4) is 0 Å². The average Bonchev–Trinajstić information content (AvgIpc) is 3.42. The van der Waals surface area contributed by atoms with Crippen molar-refractivity contribution in [2.75, 3.05) is 18.5 Å². The van der Waals surface area contributed by atoms with Crippen LogP contribution in [0.5, 0.6) is 5.75 Å². The zero-order valence-corrected chi connectivity index (χ0v) is 14.3. The van der Waals surface area contributed by atoms with Gasteiger partial charge in [-0.15, -0.1) is 10.2 Å². The number of aliphatic hydroxyl groups excluding tert-OH is 1. The van der Waals surface area contributed by atoms with Gasteiger partial charge in [0.05, 0.1) is 24.4 Å². The molecule has 2 heterocycles. The van der Waals surface area contributed by atoms with Gasteiger partial charge in [0.2, 0.25) is 5.95 Å². The Balaban J connectivity index is 1.65. The third-order valence-corrected chi connectivity index (χ3v) is 4.77. The Hall–Kier alpha value is -1.96. The minimum absolute atomic E-state index is 0.0612. The molecule has 2 atom stereocenters. The van der Waals surface area contributed by atoms with Gasteiger partial charge in [-0.1, -0.05) is 11.6 Å². The highest BCUT2D eigenvalue weighted by Gasteiger charge is 2.31. The molecular formula is C17H19ClN4O3. The van der Waals surface area contributed by atoms with Crippen LogP contribution in [-0.2, 0) is 4.74 Å². The highest BCUT2D eigenvalue weighted by molar-refractivity contribution is 6.30. The standard InChI is InChI=1S/C17H19ClN4O3/c18-10-3-4-11(13(23)7-10)16-15(9-1-2-9)20-17(22-21-16)19-12-5-6-25-8-14(12)24/h3-4,7,9,12,14,23-24H,1-2,5-6,8H2,(H,19,20,22)/t12-,14-/m1/s1. The zero-order chi connectivity index (χ0) is 17.4. The van der Waals surface area contributed by atoms with Gasteiger partial charge < -0.3 is 20.3 Å². The number of aromatic nitrogens is 3. The van der Waals surface area contributed by atoms with Crippen LogP contribution in [0, 0.1) is 0 Å². The predicted molar refractivity (Wildman–Crippen MR) is 92.8 cm³/mol. The fraction of sp³-hybridized carbons (Fsp3) is 0.471. The van der Waals surface area contributed by atoms with Crippen LogP contribution < -0.4 is 5.32 Å². The van der Waals surface area contributed by atoms with Gasteiger partial charge in [0.15, 0.2) is 0 Å². The Kier molecular flexibility index (Phi) is 4.45. The summed E-state index contributed by atoms with van der Waals surface area (Å²) in [7, 11) is 0. The molecular weight excluding hydrogens is 344 g/mol. The van der Waals surface area contributed by atoms with E-state index in [1.54, 1.807) is 12.1 Å². The molecule has 25 heavy (non-hydrogen) atoms. The molecule has 1 aromatic carbocycles. The number of anilines is 1. The molecule has 2 aliphatic rings. The normalized spacial score (nSPS) is 23.4. The predicted octanol–water partition coefficient (Wildman–Crippen LogP) is 2.34. The summed E-state index contributed by atoms with van der Waals surface area (Å²) in [5.74, 6) is 0.775. The van der Waals surface area contributed by atoms with E-state index in [-0.39, 0.29) is 11.8 Å².